The van der Waals surface area contributed by atoms with Crippen LogP contribution in [-0.4, -0.2) is 35.6 Å². The number of amides is 1. The highest BCUT2D eigenvalue weighted by molar-refractivity contribution is 6.07. The van der Waals surface area contributed by atoms with E-state index < -0.39 is 0 Å². The molecule has 0 spiro atoms. The number of pyridine rings is 1. The van der Waals surface area contributed by atoms with Gasteiger partial charge in [-0.1, -0.05) is 78.6 Å². The first-order chi connectivity index (χ1) is 20.4. The Labute approximate surface area is 253 Å². The fourth-order valence-electron chi connectivity index (χ4n) is 4.40. The van der Waals surface area contributed by atoms with Gasteiger partial charge in [-0.15, -0.1) is 0 Å². The molecule has 6 heteroatoms. The molecule has 0 aliphatic carbocycles. The summed E-state index contributed by atoms with van der Waals surface area (Å²) in [4.78, 5) is 31.5. The molecular weight excluding hydrogens is 522 g/mol. The molecule has 0 bridgehead atoms. The number of aromatic nitrogens is 2. The lowest BCUT2D eigenvalue weighted by atomic mass is 9.94. The molecule has 1 amide bonds. The van der Waals surface area contributed by atoms with E-state index in [9.17, 15) is 9.59 Å². The number of ether oxygens (including phenoxy) is 1. The van der Waals surface area contributed by atoms with E-state index in [1.807, 2.05) is 58.0 Å². The number of hydrogen-bond donors (Lipinski definition) is 3. The average molecular weight is 576 g/mol. The van der Waals surface area contributed by atoms with Gasteiger partial charge >= 0.3 is 0 Å². The minimum Gasteiger partial charge on any atom is -0.381 e. The molecule has 0 radical (unpaired) electrons. The summed E-state index contributed by atoms with van der Waals surface area (Å²) in [5, 5.41) is 3.91. The lowest BCUT2D eigenvalue weighted by Crippen LogP contribution is -2.24. The summed E-state index contributed by atoms with van der Waals surface area (Å²) in [5.74, 6) is -0.0813. The highest BCUT2D eigenvalue weighted by Crippen LogP contribution is 2.39. The number of fused-ring (bicyclic) bond motifs is 1. The first-order valence-electron chi connectivity index (χ1n) is 15.7. The molecule has 2 aromatic carbocycles. The molecule has 3 N–H and O–H groups in total. The van der Waals surface area contributed by atoms with Crippen LogP contribution < -0.4 is 10.9 Å². The Morgan fingerprint density at radius 1 is 0.857 bits per heavy atom. The Morgan fingerprint density at radius 2 is 1.55 bits per heavy atom. The number of benzene rings is 2. The van der Waals surface area contributed by atoms with Crippen LogP contribution in [0.25, 0.3) is 33.3 Å². The predicted octanol–water partition coefficient (Wildman–Crippen LogP) is 9.21. The Kier molecular flexibility index (Phi) is 17.6. The van der Waals surface area contributed by atoms with Crippen molar-refractivity contribution in [3.05, 3.63) is 81.8 Å². The predicted molar refractivity (Wildman–Crippen MR) is 181 cm³/mol. The number of carbonyl (C=O) groups excluding carboxylic acids is 1. The standard InChI is InChI=1S/C26H27N3O2.C6H14O.2C2H6/c1-4-5-12-27-25(30)18-9-11-22-21(15-18)23(19-10-8-16(2)14-17(19)3)24(29-22)20-7-6-13-28-26(20)31;1-3-5-7-6-4-2;2*1-2/h6-11,13-15,29H,4-5,12H2,1-3H3,(H,27,30)(H,28,31);3-6H2,1-2H3;2*1-2H3. The first-order valence-corrected chi connectivity index (χ1v) is 15.7. The molecule has 0 saturated carbocycles. The molecule has 0 atom stereocenters. The Hall–Kier alpha value is -3.64. The highest BCUT2D eigenvalue weighted by atomic mass is 16.5. The van der Waals surface area contributed by atoms with E-state index in [2.05, 4.69) is 68.1 Å². The van der Waals surface area contributed by atoms with Gasteiger partial charge in [-0.05, 0) is 74.6 Å². The van der Waals surface area contributed by atoms with Gasteiger partial charge in [-0.2, -0.15) is 0 Å². The van der Waals surface area contributed by atoms with Crippen molar-refractivity contribution in [2.24, 2.45) is 0 Å². The first kappa shape index (κ1) is 36.4. The summed E-state index contributed by atoms with van der Waals surface area (Å²) in [6.45, 7) is 21.0. The van der Waals surface area contributed by atoms with Crippen molar-refractivity contribution in [1.82, 2.24) is 15.3 Å². The maximum Gasteiger partial charge on any atom is 0.257 e. The normalized spacial score (nSPS) is 10.0. The molecule has 2 aromatic heterocycles. The molecule has 42 heavy (non-hydrogen) atoms. The van der Waals surface area contributed by atoms with E-state index in [1.165, 1.54) is 5.56 Å². The van der Waals surface area contributed by atoms with E-state index in [-0.39, 0.29) is 11.5 Å². The third-order valence-corrected chi connectivity index (χ3v) is 6.31. The average Bonchev–Trinajstić information content (AvgIpc) is 3.38. The fraction of sp³-hybridized carbons (Fsp3) is 0.444. The summed E-state index contributed by atoms with van der Waals surface area (Å²) < 4.78 is 5.13. The zero-order valence-corrected chi connectivity index (χ0v) is 27.4. The molecule has 0 aliphatic heterocycles. The summed E-state index contributed by atoms with van der Waals surface area (Å²) >= 11 is 0. The van der Waals surface area contributed by atoms with Gasteiger partial charge in [0.25, 0.3) is 11.5 Å². The zero-order chi connectivity index (χ0) is 31.5. The highest BCUT2D eigenvalue weighted by Gasteiger charge is 2.20. The molecule has 4 rings (SSSR count). The van der Waals surface area contributed by atoms with Crippen LogP contribution in [0.1, 0.15) is 95.6 Å². The number of unbranched alkanes of at least 4 members (excludes halogenated alkanes) is 1. The summed E-state index contributed by atoms with van der Waals surface area (Å²) in [5.41, 5.74) is 6.95. The number of aryl methyl sites for hydroxylation is 2. The smallest absolute Gasteiger partial charge is 0.257 e. The molecule has 2 heterocycles. The number of carbonyl (C=O) groups is 1. The molecule has 6 nitrogen and oxygen atoms in total. The van der Waals surface area contributed by atoms with Crippen LogP contribution in [0.2, 0.25) is 0 Å². The van der Waals surface area contributed by atoms with Crippen molar-refractivity contribution in [3.63, 3.8) is 0 Å². The lowest BCUT2D eigenvalue weighted by molar-refractivity contribution is 0.0953. The Balaban J connectivity index is 0.000000696. The van der Waals surface area contributed by atoms with Crippen LogP contribution in [0.3, 0.4) is 0 Å². The molecule has 0 saturated heterocycles. The number of H-pyrrole nitrogens is 2. The van der Waals surface area contributed by atoms with Gasteiger partial charge in [0.2, 0.25) is 0 Å². The van der Waals surface area contributed by atoms with Crippen molar-refractivity contribution in [1.29, 1.82) is 0 Å². The van der Waals surface area contributed by atoms with Crippen molar-refractivity contribution in [3.8, 4) is 22.4 Å². The number of nitrogens with one attached hydrogen (secondary N) is 3. The third kappa shape index (κ3) is 10.3. The third-order valence-electron chi connectivity index (χ3n) is 6.31. The van der Waals surface area contributed by atoms with Crippen LogP contribution in [0, 0.1) is 13.8 Å². The molecule has 4 aromatic rings. The summed E-state index contributed by atoms with van der Waals surface area (Å²) in [6.07, 6.45) is 5.89. The van der Waals surface area contributed by atoms with Crippen molar-refractivity contribution < 1.29 is 9.53 Å². The van der Waals surface area contributed by atoms with E-state index in [0.29, 0.717) is 17.7 Å². The summed E-state index contributed by atoms with van der Waals surface area (Å²) in [7, 11) is 0. The van der Waals surface area contributed by atoms with Gasteiger partial charge in [0.05, 0.1) is 11.3 Å². The quantitative estimate of drug-likeness (QED) is 0.165. The van der Waals surface area contributed by atoms with Gasteiger partial charge in [0.1, 0.15) is 0 Å². The van der Waals surface area contributed by atoms with Crippen LogP contribution in [0.15, 0.2) is 59.5 Å². The SMILES string of the molecule is CC.CC.CCCCNC(=O)c1ccc2[nH]c(-c3ccc[nH]c3=O)c(-c3ccc(C)cc3C)c2c1.CCCOCCC. The maximum absolute atomic E-state index is 12.7. The minimum atomic E-state index is -0.155. The second-order valence-electron chi connectivity index (χ2n) is 9.59. The Morgan fingerprint density at radius 3 is 2.14 bits per heavy atom. The molecular formula is C36H53N3O3. The number of hydrogen-bond acceptors (Lipinski definition) is 3. The van der Waals surface area contributed by atoms with Crippen LogP contribution in [-0.2, 0) is 4.74 Å². The molecule has 0 fully saturated rings. The van der Waals surface area contributed by atoms with Gasteiger partial charge < -0.3 is 20.0 Å². The van der Waals surface area contributed by atoms with Crippen molar-refractivity contribution >= 4 is 16.8 Å². The van der Waals surface area contributed by atoms with Crippen LogP contribution in [0.5, 0.6) is 0 Å². The largest absolute Gasteiger partial charge is 0.381 e. The number of aromatic amines is 2. The summed E-state index contributed by atoms with van der Waals surface area (Å²) in [6, 6.07) is 15.6. The Bertz CT molecular complexity index is 1400. The van der Waals surface area contributed by atoms with Crippen LogP contribution in [0.4, 0.5) is 0 Å². The number of rotatable bonds is 10. The second kappa shape index (κ2) is 20.3. The van der Waals surface area contributed by atoms with Gasteiger partial charge in [0.15, 0.2) is 0 Å². The second-order valence-corrected chi connectivity index (χ2v) is 9.59. The topological polar surface area (TPSA) is 87.0 Å². The van der Waals surface area contributed by atoms with Gasteiger partial charge in [0, 0.05) is 48.0 Å². The van der Waals surface area contributed by atoms with Gasteiger partial charge in [-0.25, -0.2) is 0 Å². The maximum atomic E-state index is 12.7. The van der Waals surface area contributed by atoms with E-state index in [1.54, 1.807) is 6.20 Å². The zero-order valence-electron chi connectivity index (χ0n) is 27.4. The van der Waals surface area contributed by atoms with E-state index in [4.69, 9.17) is 4.74 Å². The van der Waals surface area contributed by atoms with Crippen molar-refractivity contribution in [2.45, 2.75) is 88.0 Å². The fourth-order valence-corrected chi connectivity index (χ4v) is 4.40. The minimum absolute atomic E-state index is 0.0813. The molecule has 230 valence electrons. The van der Waals surface area contributed by atoms with Crippen LogP contribution >= 0.6 is 0 Å². The molecule has 0 unspecified atom stereocenters. The monoisotopic (exact) mass is 575 g/mol. The molecule has 0 aliphatic rings. The van der Waals surface area contributed by atoms with Crippen molar-refractivity contribution in [2.75, 3.05) is 19.8 Å². The van der Waals surface area contributed by atoms with E-state index >= 15 is 0 Å². The van der Waals surface area contributed by atoms with Gasteiger partial charge in [-0.3, -0.25) is 9.59 Å². The lowest BCUT2D eigenvalue weighted by Gasteiger charge is -2.10. The van der Waals surface area contributed by atoms with E-state index in [0.717, 1.165) is 72.2 Å².